The Morgan fingerprint density at radius 3 is 2.79 bits per heavy atom. The average molecular weight is 337 g/mol. The molecule has 24 heavy (non-hydrogen) atoms. The average Bonchev–Trinajstić information content (AvgIpc) is 2.79. The summed E-state index contributed by atoms with van der Waals surface area (Å²) in [5.74, 6) is 1.36. The zero-order valence-corrected chi connectivity index (χ0v) is 13.8. The Morgan fingerprint density at radius 1 is 1.12 bits per heavy atom. The normalized spacial score (nSPS) is 15.5. The van der Waals surface area contributed by atoms with E-state index in [2.05, 4.69) is 32.4 Å². The van der Waals surface area contributed by atoms with Crippen molar-refractivity contribution in [2.45, 2.75) is 18.3 Å². The van der Waals surface area contributed by atoms with E-state index in [9.17, 15) is 0 Å². The molecule has 1 atom stereocenters. The van der Waals surface area contributed by atoms with Crippen molar-refractivity contribution in [2.75, 3.05) is 11.1 Å². The van der Waals surface area contributed by atoms with Crippen molar-refractivity contribution in [1.29, 1.82) is 0 Å². The third-order valence-electron chi connectivity index (χ3n) is 3.62. The van der Waals surface area contributed by atoms with Gasteiger partial charge in [0.25, 0.3) is 0 Å². The lowest BCUT2D eigenvalue weighted by Crippen LogP contribution is -2.17. The van der Waals surface area contributed by atoms with Gasteiger partial charge in [0.05, 0.1) is 0 Å². The summed E-state index contributed by atoms with van der Waals surface area (Å²) in [7, 11) is 0. The van der Waals surface area contributed by atoms with Crippen LogP contribution >= 0.6 is 11.8 Å². The Kier molecular flexibility index (Phi) is 4.00. The lowest BCUT2D eigenvalue weighted by molar-refractivity contribution is 0.225. The molecule has 120 valence electrons. The van der Waals surface area contributed by atoms with Gasteiger partial charge in [0, 0.05) is 29.2 Å². The molecule has 1 unspecified atom stereocenters. The molecule has 3 aromatic rings. The summed E-state index contributed by atoms with van der Waals surface area (Å²) in [6.45, 7) is 2.05. The van der Waals surface area contributed by atoms with E-state index in [1.54, 1.807) is 12.4 Å². The van der Waals surface area contributed by atoms with Gasteiger partial charge in [-0.05, 0) is 24.0 Å². The van der Waals surface area contributed by atoms with E-state index in [4.69, 9.17) is 4.74 Å². The number of aromatic nitrogens is 4. The molecule has 1 aliphatic heterocycles. The number of anilines is 1. The smallest absolute Gasteiger partial charge is 0.247 e. The van der Waals surface area contributed by atoms with Crippen molar-refractivity contribution < 1.29 is 4.74 Å². The van der Waals surface area contributed by atoms with E-state index in [1.807, 2.05) is 36.4 Å². The van der Waals surface area contributed by atoms with Gasteiger partial charge in [0.15, 0.2) is 11.9 Å². The first-order chi connectivity index (χ1) is 11.8. The molecule has 0 fully saturated rings. The van der Waals surface area contributed by atoms with Gasteiger partial charge in [-0.25, -0.2) is 0 Å². The molecule has 0 bridgehead atoms. The monoisotopic (exact) mass is 337 g/mol. The van der Waals surface area contributed by atoms with Crippen LogP contribution in [0, 0.1) is 0 Å². The highest BCUT2D eigenvalue weighted by Gasteiger charge is 2.25. The van der Waals surface area contributed by atoms with Crippen molar-refractivity contribution in [3.63, 3.8) is 0 Å². The summed E-state index contributed by atoms with van der Waals surface area (Å²) in [4.78, 5) is 8.62. The number of nitrogens with one attached hydrogen (secondary N) is 1. The molecule has 7 heteroatoms. The summed E-state index contributed by atoms with van der Waals surface area (Å²) in [5.41, 5.74) is 3.48. The molecule has 0 spiro atoms. The van der Waals surface area contributed by atoms with E-state index in [1.165, 1.54) is 11.8 Å². The Labute approximate surface area is 143 Å². The molecule has 4 rings (SSSR count). The van der Waals surface area contributed by atoms with Gasteiger partial charge in [-0.1, -0.05) is 36.9 Å². The topological polar surface area (TPSA) is 72.8 Å². The summed E-state index contributed by atoms with van der Waals surface area (Å²) in [5, 5.41) is 12.6. The van der Waals surface area contributed by atoms with Crippen LogP contribution in [-0.2, 0) is 0 Å². The van der Waals surface area contributed by atoms with Crippen LogP contribution < -0.4 is 10.1 Å². The highest BCUT2D eigenvalue weighted by atomic mass is 32.2. The molecule has 0 radical (unpaired) electrons. The van der Waals surface area contributed by atoms with Crippen molar-refractivity contribution in [1.82, 2.24) is 20.2 Å². The lowest BCUT2D eigenvalue weighted by Gasteiger charge is -2.19. The number of thioether (sulfide) groups is 1. The number of para-hydroxylation sites is 1. The maximum Gasteiger partial charge on any atom is 0.247 e. The number of ether oxygens (including phenoxy) is 1. The van der Waals surface area contributed by atoms with Gasteiger partial charge >= 0.3 is 0 Å². The van der Waals surface area contributed by atoms with Gasteiger partial charge in [0.2, 0.25) is 11.0 Å². The molecule has 0 saturated heterocycles. The van der Waals surface area contributed by atoms with Gasteiger partial charge < -0.3 is 10.1 Å². The highest BCUT2D eigenvalue weighted by Crippen LogP contribution is 2.39. The number of benzene rings is 1. The molecule has 0 aliphatic carbocycles. The molecule has 1 aliphatic rings. The number of hydrogen-bond acceptors (Lipinski definition) is 7. The van der Waals surface area contributed by atoms with Crippen LogP contribution in [0.15, 0.2) is 53.9 Å². The minimum absolute atomic E-state index is 0.369. The summed E-state index contributed by atoms with van der Waals surface area (Å²) < 4.78 is 6.15. The lowest BCUT2D eigenvalue weighted by atomic mass is 10.1. The second-order valence-corrected chi connectivity index (χ2v) is 6.38. The van der Waals surface area contributed by atoms with Gasteiger partial charge in [0.1, 0.15) is 0 Å². The number of hydrogen-bond donors (Lipinski definition) is 1. The fourth-order valence-corrected chi connectivity index (χ4v) is 3.03. The maximum atomic E-state index is 6.15. The van der Waals surface area contributed by atoms with E-state index < -0.39 is 0 Å². The molecule has 6 nitrogen and oxygen atoms in total. The largest absolute Gasteiger partial charge is 0.448 e. The molecule has 1 aromatic carbocycles. The number of pyridine rings is 1. The zero-order valence-electron chi connectivity index (χ0n) is 13.0. The first-order valence-electron chi connectivity index (χ1n) is 7.65. The predicted octanol–water partition coefficient (Wildman–Crippen LogP) is 3.55. The van der Waals surface area contributed by atoms with E-state index >= 15 is 0 Å². The first kappa shape index (κ1) is 14.9. The first-order valence-corrected chi connectivity index (χ1v) is 8.63. The molecule has 3 heterocycles. The quantitative estimate of drug-likeness (QED) is 0.733. The minimum Gasteiger partial charge on any atom is -0.448 e. The fraction of sp³-hybridized carbons (Fsp3) is 0.176. The van der Waals surface area contributed by atoms with Gasteiger partial charge in [-0.15, -0.1) is 10.2 Å². The van der Waals surface area contributed by atoms with Crippen molar-refractivity contribution in [2.24, 2.45) is 0 Å². The predicted molar refractivity (Wildman–Crippen MR) is 92.9 cm³/mol. The minimum atomic E-state index is -0.369. The SMILES string of the molecule is CCSc1nnc2c(n1)OC(c1ccncc1)Nc1ccccc1-2. The Morgan fingerprint density at radius 2 is 1.96 bits per heavy atom. The van der Waals surface area contributed by atoms with Crippen LogP contribution in [0.2, 0.25) is 0 Å². The van der Waals surface area contributed by atoms with Crippen LogP contribution in [-0.4, -0.2) is 25.9 Å². The van der Waals surface area contributed by atoms with Crippen LogP contribution in [0.25, 0.3) is 11.3 Å². The number of nitrogens with zero attached hydrogens (tertiary/aromatic N) is 4. The van der Waals surface area contributed by atoms with Gasteiger partial charge in [-0.3, -0.25) is 4.98 Å². The molecular formula is C17H15N5OS. The van der Waals surface area contributed by atoms with Crippen LogP contribution in [0.1, 0.15) is 18.7 Å². The van der Waals surface area contributed by atoms with Crippen LogP contribution in [0.5, 0.6) is 5.88 Å². The van der Waals surface area contributed by atoms with Gasteiger partial charge in [-0.2, -0.15) is 4.98 Å². The third kappa shape index (κ3) is 2.78. The van der Waals surface area contributed by atoms with E-state index in [0.29, 0.717) is 16.7 Å². The molecule has 0 amide bonds. The standard InChI is InChI=1S/C17H15N5OS/c1-2-24-17-20-16-14(21-22-17)12-5-3-4-6-13(12)19-15(23-16)11-7-9-18-10-8-11/h3-10,15,19H,2H2,1H3. The fourth-order valence-electron chi connectivity index (χ4n) is 2.53. The number of fused-ring (bicyclic) bond motifs is 3. The Hall–Kier alpha value is -2.67. The van der Waals surface area contributed by atoms with Crippen molar-refractivity contribution >= 4 is 17.4 Å². The molecule has 1 N–H and O–H groups in total. The van der Waals surface area contributed by atoms with Crippen LogP contribution in [0.3, 0.4) is 0 Å². The number of rotatable bonds is 3. The summed E-state index contributed by atoms with van der Waals surface area (Å²) in [6, 6.07) is 11.8. The second kappa shape index (κ2) is 6.45. The van der Waals surface area contributed by atoms with Crippen molar-refractivity contribution in [3.8, 4) is 17.1 Å². The summed E-state index contributed by atoms with van der Waals surface area (Å²) >= 11 is 1.54. The molecule has 2 aromatic heterocycles. The molecular weight excluding hydrogens is 322 g/mol. The van der Waals surface area contributed by atoms with Crippen LogP contribution in [0.4, 0.5) is 5.69 Å². The third-order valence-corrected chi connectivity index (χ3v) is 4.34. The highest BCUT2D eigenvalue weighted by molar-refractivity contribution is 7.99. The van der Waals surface area contributed by atoms with Crippen molar-refractivity contribution in [3.05, 3.63) is 54.4 Å². The second-order valence-electron chi connectivity index (χ2n) is 5.15. The zero-order chi connectivity index (χ0) is 16.4. The Balaban J connectivity index is 1.84. The molecule has 0 saturated carbocycles. The summed E-state index contributed by atoms with van der Waals surface area (Å²) in [6.07, 6.45) is 3.12. The van der Waals surface area contributed by atoms with E-state index in [-0.39, 0.29) is 6.23 Å². The van der Waals surface area contributed by atoms with E-state index in [0.717, 1.165) is 22.6 Å². The maximum absolute atomic E-state index is 6.15. The Bertz CT molecular complexity index is 859.